The van der Waals surface area contributed by atoms with E-state index in [4.69, 9.17) is 11.6 Å². The molecule has 0 radical (unpaired) electrons. The Labute approximate surface area is 147 Å². The average Bonchev–Trinajstić information content (AvgIpc) is 2.82. The highest BCUT2D eigenvalue weighted by Crippen LogP contribution is 2.34. The van der Waals surface area contributed by atoms with E-state index in [1.54, 1.807) is 24.3 Å². The van der Waals surface area contributed by atoms with E-state index in [1.165, 1.54) is 19.3 Å². The van der Waals surface area contributed by atoms with E-state index in [0.29, 0.717) is 29.6 Å². The summed E-state index contributed by atoms with van der Waals surface area (Å²) < 4.78 is 0. The van der Waals surface area contributed by atoms with Gasteiger partial charge in [-0.1, -0.05) is 24.1 Å². The maximum Gasteiger partial charge on any atom is 0.253 e. The van der Waals surface area contributed by atoms with E-state index in [0.717, 1.165) is 19.4 Å². The van der Waals surface area contributed by atoms with Crippen LogP contribution in [0, 0.1) is 11.8 Å². The lowest BCUT2D eigenvalue weighted by Crippen LogP contribution is -2.50. The number of amides is 2. The van der Waals surface area contributed by atoms with Crippen LogP contribution in [0.25, 0.3) is 0 Å². The zero-order chi connectivity index (χ0) is 16.7. The topological polar surface area (TPSA) is 40.6 Å². The van der Waals surface area contributed by atoms with Crippen LogP contribution in [0.1, 0.15) is 42.5 Å². The molecule has 1 aromatic carbocycles. The van der Waals surface area contributed by atoms with E-state index in [-0.39, 0.29) is 23.8 Å². The van der Waals surface area contributed by atoms with Gasteiger partial charge in [0.2, 0.25) is 5.91 Å². The SMILES string of the molecule is O=C(c1cccc(Cl)c1)N1C[C@@H]2CC[C@H](C1)N(CC1CCC1)C2=O. The maximum atomic E-state index is 12.9. The Morgan fingerprint density at radius 2 is 2.00 bits per heavy atom. The molecule has 3 heterocycles. The molecule has 2 amide bonds. The quantitative estimate of drug-likeness (QED) is 0.843. The molecule has 2 atom stereocenters. The Balaban J connectivity index is 1.53. The van der Waals surface area contributed by atoms with Gasteiger partial charge in [0.15, 0.2) is 0 Å². The first-order chi connectivity index (χ1) is 11.6. The second kappa shape index (κ2) is 6.40. The van der Waals surface area contributed by atoms with Gasteiger partial charge in [-0.15, -0.1) is 0 Å². The molecule has 4 nitrogen and oxygen atoms in total. The van der Waals surface area contributed by atoms with Crippen LogP contribution in [-0.4, -0.2) is 47.3 Å². The summed E-state index contributed by atoms with van der Waals surface area (Å²) in [6.45, 7) is 2.08. The fourth-order valence-corrected chi connectivity index (χ4v) is 4.39. The highest BCUT2D eigenvalue weighted by Gasteiger charge is 2.42. The minimum absolute atomic E-state index is 0.00676. The summed E-state index contributed by atoms with van der Waals surface area (Å²) in [5.41, 5.74) is 0.613. The Morgan fingerprint density at radius 3 is 2.71 bits per heavy atom. The van der Waals surface area contributed by atoms with Crippen LogP contribution in [0.2, 0.25) is 5.02 Å². The van der Waals surface area contributed by atoms with Gasteiger partial charge in [-0.05, 0) is 49.8 Å². The van der Waals surface area contributed by atoms with Gasteiger partial charge in [0.05, 0.1) is 5.92 Å². The molecule has 4 fully saturated rings. The number of hydrogen-bond donors (Lipinski definition) is 0. The first kappa shape index (κ1) is 15.9. The highest BCUT2D eigenvalue weighted by atomic mass is 35.5. The van der Waals surface area contributed by atoms with Gasteiger partial charge in [-0.3, -0.25) is 9.59 Å². The van der Waals surface area contributed by atoms with E-state index >= 15 is 0 Å². The Hall–Kier alpha value is -1.55. The first-order valence-electron chi connectivity index (χ1n) is 8.97. The number of carbonyl (C=O) groups is 2. The van der Waals surface area contributed by atoms with Crippen LogP contribution in [-0.2, 0) is 4.79 Å². The summed E-state index contributed by atoms with van der Waals surface area (Å²) in [5.74, 6) is 0.893. The molecule has 128 valence electrons. The minimum Gasteiger partial charge on any atom is -0.337 e. The third-order valence-corrected chi connectivity index (χ3v) is 6.07. The fourth-order valence-electron chi connectivity index (χ4n) is 4.20. The van der Waals surface area contributed by atoms with Crippen molar-refractivity contribution in [1.29, 1.82) is 0 Å². The molecule has 0 unspecified atom stereocenters. The van der Waals surface area contributed by atoms with E-state index < -0.39 is 0 Å². The van der Waals surface area contributed by atoms with E-state index in [9.17, 15) is 9.59 Å². The lowest BCUT2D eigenvalue weighted by Gasteiger charge is -2.40. The van der Waals surface area contributed by atoms with Crippen LogP contribution in [0.5, 0.6) is 0 Å². The van der Waals surface area contributed by atoms with Crippen molar-refractivity contribution in [3.63, 3.8) is 0 Å². The number of benzene rings is 1. The zero-order valence-electron chi connectivity index (χ0n) is 13.8. The van der Waals surface area contributed by atoms with Gasteiger partial charge in [-0.25, -0.2) is 0 Å². The second-order valence-corrected chi connectivity index (χ2v) is 7.87. The third kappa shape index (κ3) is 2.92. The highest BCUT2D eigenvalue weighted by molar-refractivity contribution is 6.30. The molecule has 2 bridgehead atoms. The minimum atomic E-state index is -0.0352. The van der Waals surface area contributed by atoms with Crippen molar-refractivity contribution in [3.05, 3.63) is 34.9 Å². The molecule has 1 saturated carbocycles. The Kier molecular flexibility index (Phi) is 4.25. The van der Waals surface area contributed by atoms with E-state index in [2.05, 4.69) is 4.90 Å². The lowest BCUT2D eigenvalue weighted by atomic mass is 9.83. The normalized spacial score (nSPS) is 27.1. The first-order valence-corrected chi connectivity index (χ1v) is 9.35. The summed E-state index contributed by atoms with van der Waals surface area (Å²) in [6, 6.07) is 7.27. The monoisotopic (exact) mass is 346 g/mol. The number of fused-ring (bicyclic) bond motifs is 4. The van der Waals surface area contributed by atoms with Crippen LogP contribution in [0.15, 0.2) is 24.3 Å². The molecule has 1 aromatic rings. The lowest BCUT2D eigenvalue weighted by molar-refractivity contribution is -0.141. The van der Waals surface area contributed by atoms with Crippen molar-refractivity contribution >= 4 is 23.4 Å². The van der Waals surface area contributed by atoms with Gasteiger partial charge in [0, 0.05) is 36.3 Å². The van der Waals surface area contributed by atoms with Crippen molar-refractivity contribution in [2.24, 2.45) is 11.8 Å². The molecule has 0 aromatic heterocycles. The standard InChI is InChI=1S/C19H23ClN2O2/c20-16-6-2-5-14(9-16)18(23)21-11-15-7-8-17(12-21)22(19(15)24)10-13-3-1-4-13/h2,5-6,9,13,15,17H,1,3-4,7-8,10-12H2/t15-,17+/m0/s1. The molecule has 0 N–H and O–H groups in total. The molecule has 4 aliphatic rings. The molecule has 3 saturated heterocycles. The van der Waals surface area contributed by atoms with Crippen LogP contribution in [0.4, 0.5) is 0 Å². The summed E-state index contributed by atoms with van der Waals surface area (Å²) in [7, 11) is 0. The summed E-state index contributed by atoms with van der Waals surface area (Å²) in [4.78, 5) is 29.6. The number of carbonyl (C=O) groups excluding carboxylic acids is 2. The third-order valence-electron chi connectivity index (χ3n) is 5.83. The smallest absolute Gasteiger partial charge is 0.253 e. The second-order valence-electron chi connectivity index (χ2n) is 7.44. The Morgan fingerprint density at radius 1 is 1.17 bits per heavy atom. The number of rotatable bonds is 3. The van der Waals surface area contributed by atoms with Crippen molar-refractivity contribution in [2.45, 2.75) is 38.1 Å². The predicted molar refractivity (Wildman–Crippen MR) is 92.9 cm³/mol. The van der Waals surface area contributed by atoms with Gasteiger partial charge < -0.3 is 9.80 Å². The van der Waals surface area contributed by atoms with Gasteiger partial charge in [0.25, 0.3) is 5.91 Å². The van der Waals surface area contributed by atoms with Crippen LogP contribution < -0.4 is 0 Å². The predicted octanol–water partition coefficient (Wildman–Crippen LogP) is 3.20. The van der Waals surface area contributed by atoms with Gasteiger partial charge in [0.1, 0.15) is 0 Å². The summed E-state index contributed by atoms with van der Waals surface area (Å²) in [5, 5.41) is 0.571. The molecule has 24 heavy (non-hydrogen) atoms. The van der Waals surface area contributed by atoms with Gasteiger partial charge >= 0.3 is 0 Å². The van der Waals surface area contributed by atoms with Crippen molar-refractivity contribution in [2.75, 3.05) is 19.6 Å². The molecule has 5 rings (SSSR count). The van der Waals surface area contributed by atoms with Crippen LogP contribution >= 0.6 is 11.6 Å². The molecule has 3 aliphatic heterocycles. The number of nitrogens with zero attached hydrogens (tertiary/aromatic N) is 2. The Bertz CT molecular complexity index is 659. The number of halogens is 1. The number of hydrogen-bond acceptors (Lipinski definition) is 2. The summed E-state index contributed by atoms with van der Waals surface area (Å²) in [6.07, 6.45) is 5.70. The van der Waals surface area contributed by atoms with Crippen molar-refractivity contribution < 1.29 is 9.59 Å². The van der Waals surface area contributed by atoms with Crippen molar-refractivity contribution in [3.8, 4) is 0 Å². The fraction of sp³-hybridized carbons (Fsp3) is 0.579. The van der Waals surface area contributed by atoms with Crippen LogP contribution in [0.3, 0.4) is 0 Å². The average molecular weight is 347 g/mol. The molecule has 0 spiro atoms. The molecule has 5 heteroatoms. The van der Waals surface area contributed by atoms with Gasteiger partial charge in [-0.2, -0.15) is 0 Å². The molecule has 1 aliphatic carbocycles. The molecular weight excluding hydrogens is 324 g/mol. The number of piperidine rings is 1. The molecular formula is C19H23ClN2O2. The zero-order valence-corrected chi connectivity index (χ0v) is 14.5. The summed E-state index contributed by atoms with van der Waals surface area (Å²) >= 11 is 6.02. The largest absolute Gasteiger partial charge is 0.337 e. The maximum absolute atomic E-state index is 12.9. The van der Waals surface area contributed by atoms with E-state index in [1.807, 2.05) is 4.90 Å². The van der Waals surface area contributed by atoms with Crippen molar-refractivity contribution in [1.82, 2.24) is 9.80 Å².